The predicted molar refractivity (Wildman–Crippen MR) is 59.0 cm³/mol. The maximum atomic E-state index is 10.9. The van der Waals surface area contributed by atoms with Gasteiger partial charge in [-0.15, -0.1) is 0 Å². The van der Waals surface area contributed by atoms with Crippen molar-refractivity contribution in [3.05, 3.63) is 17.4 Å². The lowest BCUT2D eigenvalue weighted by Gasteiger charge is -2.05. The minimum atomic E-state index is -3.94. The summed E-state index contributed by atoms with van der Waals surface area (Å²) in [6.45, 7) is 1.32. The fourth-order valence-corrected chi connectivity index (χ4v) is 1.59. The molecule has 0 amide bonds. The molecule has 0 aliphatic carbocycles. The van der Waals surface area contributed by atoms with Crippen LogP contribution in [0.5, 0.6) is 6.01 Å². The second-order valence-electron chi connectivity index (χ2n) is 2.65. The van der Waals surface area contributed by atoms with Crippen LogP contribution in [0.15, 0.2) is 12.3 Å². The topological polar surface area (TPSA) is 87.6 Å². The van der Waals surface area contributed by atoms with E-state index in [1.54, 1.807) is 0 Å². The lowest BCUT2D eigenvalue weighted by molar-refractivity contribution is 0.176. The fraction of sp³-hybridized carbons (Fsp3) is 0.500. The molecule has 0 spiro atoms. The van der Waals surface area contributed by atoms with Crippen LogP contribution in [0.25, 0.3) is 0 Å². The van der Waals surface area contributed by atoms with Crippen LogP contribution in [0.2, 0.25) is 5.15 Å². The van der Waals surface area contributed by atoms with Crippen molar-refractivity contribution in [2.24, 2.45) is 0 Å². The van der Waals surface area contributed by atoms with E-state index in [1.807, 2.05) is 0 Å². The van der Waals surface area contributed by atoms with Gasteiger partial charge in [-0.25, -0.2) is 13.4 Å². The van der Waals surface area contributed by atoms with Crippen LogP contribution >= 0.6 is 11.6 Å². The van der Waals surface area contributed by atoms with Gasteiger partial charge >= 0.3 is 16.4 Å². The molecule has 0 unspecified atom stereocenters. The van der Waals surface area contributed by atoms with Gasteiger partial charge in [0, 0.05) is 6.20 Å². The SMILES string of the molecule is CCOS(=O)(=O)OCCOc1nccc(Cl)n1. The molecule has 7 nitrogen and oxygen atoms in total. The smallest absolute Gasteiger partial charge is 0.399 e. The number of hydrogen-bond acceptors (Lipinski definition) is 7. The Bertz CT molecular complexity index is 453. The molecule has 0 saturated carbocycles. The Hall–Kier alpha value is -0.960. The molecule has 0 bridgehead atoms. The van der Waals surface area contributed by atoms with Gasteiger partial charge in [0.05, 0.1) is 6.61 Å². The van der Waals surface area contributed by atoms with Gasteiger partial charge < -0.3 is 4.74 Å². The number of halogens is 1. The number of hydrogen-bond donors (Lipinski definition) is 0. The standard InChI is InChI=1S/C8H11ClN2O5S/c1-2-15-17(12,13)16-6-5-14-8-10-4-3-7(9)11-8/h3-4H,2,5-6H2,1H3. The molecular formula is C8H11ClN2O5S. The summed E-state index contributed by atoms with van der Waals surface area (Å²) in [4.78, 5) is 7.50. The van der Waals surface area contributed by atoms with Gasteiger partial charge in [0.2, 0.25) is 0 Å². The van der Waals surface area contributed by atoms with Gasteiger partial charge in [-0.05, 0) is 13.0 Å². The molecular weight excluding hydrogens is 272 g/mol. The summed E-state index contributed by atoms with van der Waals surface area (Å²) in [5, 5.41) is 0.234. The normalized spacial score (nSPS) is 11.4. The van der Waals surface area contributed by atoms with Crippen molar-refractivity contribution in [3.63, 3.8) is 0 Å². The van der Waals surface area contributed by atoms with E-state index in [-0.39, 0.29) is 31.0 Å². The van der Waals surface area contributed by atoms with Gasteiger partial charge in [0.25, 0.3) is 0 Å². The van der Waals surface area contributed by atoms with E-state index in [0.717, 1.165) is 0 Å². The summed E-state index contributed by atoms with van der Waals surface area (Å²) in [6.07, 6.45) is 1.42. The van der Waals surface area contributed by atoms with E-state index in [9.17, 15) is 8.42 Å². The highest BCUT2D eigenvalue weighted by Gasteiger charge is 2.10. The maximum Gasteiger partial charge on any atom is 0.399 e. The molecule has 0 N–H and O–H groups in total. The van der Waals surface area contributed by atoms with E-state index in [0.29, 0.717) is 0 Å². The van der Waals surface area contributed by atoms with Gasteiger partial charge in [0.1, 0.15) is 18.4 Å². The van der Waals surface area contributed by atoms with Crippen LogP contribution in [-0.2, 0) is 18.8 Å². The molecule has 1 rings (SSSR count). The first-order valence-electron chi connectivity index (χ1n) is 4.68. The molecule has 0 aliphatic rings. The molecule has 0 radical (unpaired) electrons. The van der Waals surface area contributed by atoms with E-state index in [2.05, 4.69) is 18.3 Å². The van der Waals surface area contributed by atoms with Crippen molar-refractivity contribution >= 4 is 22.0 Å². The van der Waals surface area contributed by atoms with E-state index in [4.69, 9.17) is 16.3 Å². The highest BCUT2D eigenvalue weighted by atomic mass is 35.5. The Balaban J connectivity index is 2.29. The Labute approximate surface area is 104 Å². The van der Waals surface area contributed by atoms with Crippen LogP contribution in [0.4, 0.5) is 0 Å². The van der Waals surface area contributed by atoms with Crippen LogP contribution in [0.1, 0.15) is 6.92 Å². The molecule has 0 aliphatic heterocycles. The quantitative estimate of drug-likeness (QED) is 0.540. The van der Waals surface area contributed by atoms with Crippen LogP contribution in [-0.4, -0.2) is 38.2 Å². The van der Waals surface area contributed by atoms with Gasteiger partial charge in [-0.1, -0.05) is 11.6 Å². The zero-order valence-electron chi connectivity index (χ0n) is 9.00. The van der Waals surface area contributed by atoms with Crippen LogP contribution in [0, 0.1) is 0 Å². The third-order valence-corrected chi connectivity index (χ3v) is 2.59. The summed E-state index contributed by atoms with van der Waals surface area (Å²) < 4.78 is 35.7. The minimum Gasteiger partial charge on any atom is -0.461 e. The number of rotatable bonds is 7. The van der Waals surface area contributed by atoms with Crippen molar-refractivity contribution < 1.29 is 21.5 Å². The van der Waals surface area contributed by atoms with Crippen LogP contribution < -0.4 is 4.74 Å². The maximum absolute atomic E-state index is 10.9. The fourth-order valence-electron chi connectivity index (χ4n) is 0.837. The highest BCUT2D eigenvalue weighted by Crippen LogP contribution is 2.07. The molecule has 96 valence electrons. The zero-order valence-corrected chi connectivity index (χ0v) is 10.6. The van der Waals surface area contributed by atoms with E-state index < -0.39 is 10.4 Å². The molecule has 0 saturated heterocycles. The zero-order chi connectivity index (χ0) is 12.7. The first kappa shape index (κ1) is 14.1. The van der Waals surface area contributed by atoms with Crippen molar-refractivity contribution in [1.82, 2.24) is 9.97 Å². The number of ether oxygens (including phenoxy) is 1. The third-order valence-electron chi connectivity index (χ3n) is 1.40. The van der Waals surface area contributed by atoms with Gasteiger partial charge in [-0.3, -0.25) is 0 Å². The molecule has 9 heteroatoms. The lowest BCUT2D eigenvalue weighted by Crippen LogP contribution is -2.15. The molecule has 1 heterocycles. The van der Waals surface area contributed by atoms with Crippen molar-refractivity contribution in [3.8, 4) is 6.01 Å². The summed E-state index contributed by atoms with van der Waals surface area (Å²) in [7, 11) is -3.94. The molecule has 0 aromatic carbocycles. The van der Waals surface area contributed by atoms with Gasteiger partial charge in [0.15, 0.2) is 0 Å². The van der Waals surface area contributed by atoms with Crippen molar-refractivity contribution in [2.45, 2.75) is 6.92 Å². The van der Waals surface area contributed by atoms with E-state index >= 15 is 0 Å². The molecule has 0 fully saturated rings. The Kier molecular flexibility index (Phi) is 5.56. The van der Waals surface area contributed by atoms with Crippen molar-refractivity contribution in [1.29, 1.82) is 0 Å². The average Bonchev–Trinajstić information content (AvgIpc) is 2.24. The summed E-state index contributed by atoms with van der Waals surface area (Å²) in [6, 6.07) is 1.54. The summed E-state index contributed by atoms with van der Waals surface area (Å²) in [5.41, 5.74) is 0. The molecule has 0 atom stereocenters. The largest absolute Gasteiger partial charge is 0.461 e. The first-order chi connectivity index (χ1) is 8.03. The Morgan fingerprint density at radius 3 is 2.76 bits per heavy atom. The van der Waals surface area contributed by atoms with Crippen molar-refractivity contribution in [2.75, 3.05) is 19.8 Å². The number of aromatic nitrogens is 2. The second kappa shape index (κ2) is 6.70. The Morgan fingerprint density at radius 2 is 2.12 bits per heavy atom. The highest BCUT2D eigenvalue weighted by molar-refractivity contribution is 7.81. The number of nitrogens with zero attached hydrogens (tertiary/aromatic N) is 2. The second-order valence-corrected chi connectivity index (χ2v) is 4.32. The lowest BCUT2D eigenvalue weighted by atomic mass is 10.7. The third kappa shape index (κ3) is 5.78. The molecule has 1 aromatic heterocycles. The monoisotopic (exact) mass is 282 g/mol. The van der Waals surface area contributed by atoms with Crippen LogP contribution in [0.3, 0.4) is 0 Å². The summed E-state index contributed by atoms with van der Waals surface area (Å²) in [5.74, 6) is 0. The molecule has 17 heavy (non-hydrogen) atoms. The predicted octanol–water partition coefficient (Wildman–Crippen LogP) is 0.807. The van der Waals surface area contributed by atoms with E-state index in [1.165, 1.54) is 19.2 Å². The first-order valence-corrected chi connectivity index (χ1v) is 6.40. The minimum absolute atomic E-state index is 0.0145. The average molecular weight is 283 g/mol. The molecule has 1 aromatic rings. The summed E-state index contributed by atoms with van der Waals surface area (Å²) >= 11 is 5.59. The van der Waals surface area contributed by atoms with Gasteiger partial charge in [-0.2, -0.15) is 13.4 Å². The Morgan fingerprint density at radius 1 is 1.35 bits per heavy atom.